The second-order valence-corrected chi connectivity index (χ2v) is 17.8. The number of anilines is 2. The fourth-order valence-electron chi connectivity index (χ4n) is 8.09. The summed E-state index contributed by atoms with van der Waals surface area (Å²) in [5.41, 5.74) is 1.33. The molecule has 3 saturated heterocycles. The summed E-state index contributed by atoms with van der Waals surface area (Å²) in [7, 11) is -2.95. The van der Waals surface area contributed by atoms with Crippen LogP contribution in [0.1, 0.15) is 56.6 Å². The molecule has 2 aromatic rings. The molecule has 0 unspecified atom stereocenters. The number of carbonyl (C=O) groups is 3. The van der Waals surface area contributed by atoms with Crippen LogP contribution >= 0.6 is 11.6 Å². The molecule has 9 nitrogen and oxygen atoms in total. The van der Waals surface area contributed by atoms with Crippen molar-refractivity contribution in [3.05, 3.63) is 58.6 Å². The Labute approximate surface area is 264 Å². The van der Waals surface area contributed by atoms with Gasteiger partial charge in [0.05, 0.1) is 37.4 Å². The average Bonchev–Trinajstić information content (AvgIpc) is 3.64. The lowest BCUT2D eigenvalue weighted by molar-refractivity contribution is -0.150. The summed E-state index contributed by atoms with van der Waals surface area (Å²) in [6.07, 6.45) is 3.42. The van der Waals surface area contributed by atoms with Crippen LogP contribution in [0.4, 0.5) is 11.4 Å². The first-order chi connectivity index (χ1) is 21.0. The molecule has 3 fully saturated rings. The van der Waals surface area contributed by atoms with Crippen molar-refractivity contribution in [2.24, 2.45) is 5.92 Å². The van der Waals surface area contributed by atoms with Crippen molar-refractivity contribution >= 4 is 49.0 Å². The predicted octanol–water partition coefficient (Wildman–Crippen LogP) is 4.57. The van der Waals surface area contributed by atoms with Gasteiger partial charge in [-0.2, -0.15) is 0 Å². The van der Waals surface area contributed by atoms with E-state index >= 15 is 0 Å². The molecule has 4 aliphatic heterocycles. The number of hydrogen-bond acceptors (Lipinski definition) is 6. The number of carbonyl (C=O) groups excluding carboxylic acids is 3. The molecule has 0 aromatic heterocycles. The van der Waals surface area contributed by atoms with Crippen molar-refractivity contribution < 1.29 is 29.0 Å². The molecule has 0 radical (unpaired) electrons. The maximum Gasteiger partial charge on any atom is 0.264 e. The van der Waals surface area contributed by atoms with Gasteiger partial charge < -0.3 is 29.3 Å². The van der Waals surface area contributed by atoms with Crippen LogP contribution in [-0.4, -0.2) is 72.7 Å². The largest absolute Gasteiger partial charge is 0.432 e. The summed E-state index contributed by atoms with van der Waals surface area (Å²) >= 11 is 6.51. The van der Waals surface area contributed by atoms with E-state index in [1.807, 2.05) is 55.2 Å². The number of amides is 3. The highest BCUT2D eigenvalue weighted by Crippen LogP contribution is 2.60. The predicted molar refractivity (Wildman–Crippen MR) is 171 cm³/mol. The Bertz CT molecular complexity index is 1450. The van der Waals surface area contributed by atoms with Gasteiger partial charge in [0.15, 0.2) is 13.9 Å². The lowest BCUT2D eigenvalue weighted by atomic mass is 9.82. The molecular weight excluding hydrogens is 598 g/mol. The van der Waals surface area contributed by atoms with Gasteiger partial charge >= 0.3 is 0 Å². The molecule has 2 N–H and O–H groups in total. The maximum atomic E-state index is 14.6. The van der Waals surface area contributed by atoms with Crippen molar-refractivity contribution in [2.45, 2.75) is 88.4 Å². The van der Waals surface area contributed by atoms with Gasteiger partial charge in [0.1, 0.15) is 0 Å². The lowest BCUT2D eigenvalue weighted by Gasteiger charge is -2.33. The number of aliphatic hydroxyl groups excluding tert-OH is 1. The zero-order valence-electron chi connectivity index (χ0n) is 25.7. The third kappa shape index (κ3) is 5.28. The smallest absolute Gasteiger partial charge is 0.264 e. The monoisotopic (exact) mass is 639 g/mol. The second-order valence-electron chi connectivity index (χ2n) is 13.4. The molecule has 1 spiro atoms. The molecule has 3 amide bonds. The highest BCUT2D eigenvalue weighted by molar-refractivity contribution is 6.71. The first-order valence-electron chi connectivity index (χ1n) is 15.8. The number of likely N-dealkylation sites (tertiary alicyclic amines) is 1. The molecule has 5 atom stereocenters. The summed E-state index contributed by atoms with van der Waals surface area (Å²) < 4.78 is 6.80. The van der Waals surface area contributed by atoms with E-state index in [9.17, 15) is 24.3 Å². The summed E-state index contributed by atoms with van der Waals surface area (Å²) in [4.78, 5) is 57.4. The molecule has 2 aromatic carbocycles. The normalized spacial score (nSPS) is 28.8. The summed E-state index contributed by atoms with van der Waals surface area (Å²) in [5.74, 6) is -0.639. The van der Waals surface area contributed by atoms with E-state index in [1.54, 1.807) is 21.9 Å². The number of ether oxygens (including phenoxy) is 1. The van der Waals surface area contributed by atoms with Crippen LogP contribution in [0.25, 0.3) is 0 Å². The van der Waals surface area contributed by atoms with E-state index in [-0.39, 0.29) is 36.8 Å². The molecule has 4 aliphatic rings. The Morgan fingerprint density at radius 1 is 1.09 bits per heavy atom. The number of aliphatic hydroxyl groups is 1. The van der Waals surface area contributed by atoms with Gasteiger partial charge in [0.25, 0.3) is 5.91 Å². The molecule has 0 saturated carbocycles. The van der Waals surface area contributed by atoms with Crippen molar-refractivity contribution in [3.63, 3.8) is 0 Å². The van der Waals surface area contributed by atoms with Gasteiger partial charge in [0, 0.05) is 47.2 Å². The Hall–Kier alpha value is -2.76. The average molecular weight is 640 g/mol. The Balaban J connectivity index is 1.31. The van der Waals surface area contributed by atoms with E-state index in [1.165, 1.54) is 0 Å². The van der Waals surface area contributed by atoms with Crippen LogP contribution in [0.15, 0.2) is 42.5 Å². The van der Waals surface area contributed by atoms with Crippen LogP contribution in [0.2, 0.25) is 23.7 Å². The van der Waals surface area contributed by atoms with Gasteiger partial charge in [0.2, 0.25) is 11.8 Å². The molecule has 4 heterocycles. The quantitative estimate of drug-likeness (QED) is 0.430. The first kappa shape index (κ1) is 31.2. The van der Waals surface area contributed by atoms with Crippen molar-refractivity contribution in [2.75, 3.05) is 29.5 Å². The SMILES string of the molecule is C[C@H]1[C@H]([Si](C)(C)O)[C@@H](CC(=O)N2CCC[C@H]2CO)O[C@]12C(=O)N(Cc1ccc(N3CCCCC3=O)cc1)c1ccc(Cl)cc12. The Morgan fingerprint density at radius 3 is 2.52 bits per heavy atom. The third-order valence-electron chi connectivity index (χ3n) is 10.1. The van der Waals surface area contributed by atoms with Crippen molar-refractivity contribution in [1.29, 1.82) is 0 Å². The third-order valence-corrected chi connectivity index (χ3v) is 12.9. The summed E-state index contributed by atoms with van der Waals surface area (Å²) in [5, 5.41) is 10.3. The zero-order chi connectivity index (χ0) is 31.4. The number of halogens is 1. The van der Waals surface area contributed by atoms with Crippen LogP contribution in [0, 0.1) is 5.92 Å². The number of piperidine rings is 1. The van der Waals surface area contributed by atoms with E-state index in [4.69, 9.17) is 16.3 Å². The minimum absolute atomic E-state index is 0.0319. The van der Waals surface area contributed by atoms with E-state index in [0.29, 0.717) is 42.3 Å². The van der Waals surface area contributed by atoms with Crippen LogP contribution in [0.5, 0.6) is 0 Å². The first-order valence-corrected chi connectivity index (χ1v) is 19.2. The molecular formula is C33H42ClN3O6Si. The van der Waals surface area contributed by atoms with Gasteiger partial charge in [-0.1, -0.05) is 30.7 Å². The van der Waals surface area contributed by atoms with Gasteiger partial charge in [-0.3, -0.25) is 14.4 Å². The highest BCUT2D eigenvalue weighted by Gasteiger charge is 2.66. The van der Waals surface area contributed by atoms with E-state index < -0.39 is 31.5 Å². The fourth-order valence-corrected chi connectivity index (χ4v) is 10.8. The molecule has 236 valence electrons. The number of nitrogens with zero attached hydrogens (tertiary/aromatic N) is 3. The van der Waals surface area contributed by atoms with Crippen molar-refractivity contribution in [1.82, 2.24) is 4.90 Å². The lowest BCUT2D eigenvalue weighted by Crippen LogP contribution is -2.46. The topological polar surface area (TPSA) is 111 Å². The fraction of sp³-hybridized carbons (Fsp3) is 0.545. The molecule has 0 aliphatic carbocycles. The maximum absolute atomic E-state index is 14.6. The second kappa shape index (κ2) is 11.9. The number of fused-ring (bicyclic) bond motifs is 2. The van der Waals surface area contributed by atoms with Gasteiger partial charge in [-0.05, 0) is 74.7 Å². The van der Waals surface area contributed by atoms with Crippen LogP contribution in [0.3, 0.4) is 0 Å². The Morgan fingerprint density at radius 2 is 1.84 bits per heavy atom. The highest BCUT2D eigenvalue weighted by atomic mass is 35.5. The number of rotatable bonds is 7. The number of hydrogen-bond donors (Lipinski definition) is 2. The standard InChI is InChI=1S/C33H42ClN3O6Si/c1-21-31(44(2,3)42)28(18-30(40)36-16-6-7-25(36)20-38)43-33(21)26-17-23(34)11-14-27(26)37(32(33)41)19-22-9-12-24(13-10-22)35-15-5-4-8-29(35)39/h9-14,17,21,25,28,31,38,42H,4-8,15-16,18-20H2,1-3H3/t21-,25-,28+,31-,33+/m0/s1. The molecule has 11 heteroatoms. The number of benzene rings is 2. The van der Waals surface area contributed by atoms with Crippen LogP contribution in [-0.2, 0) is 31.3 Å². The van der Waals surface area contributed by atoms with Crippen molar-refractivity contribution in [3.8, 4) is 0 Å². The van der Waals surface area contributed by atoms with E-state index in [2.05, 4.69) is 0 Å². The summed E-state index contributed by atoms with van der Waals surface area (Å²) in [6, 6.07) is 12.9. The summed E-state index contributed by atoms with van der Waals surface area (Å²) in [6.45, 7) is 7.12. The van der Waals surface area contributed by atoms with Gasteiger partial charge in [-0.15, -0.1) is 0 Å². The van der Waals surface area contributed by atoms with E-state index in [0.717, 1.165) is 36.9 Å². The van der Waals surface area contributed by atoms with Gasteiger partial charge in [-0.25, -0.2) is 0 Å². The minimum Gasteiger partial charge on any atom is -0.432 e. The molecule has 0 bridgehead atoms. The Kier molecular flexibility index (Phi) is 8.43. The van der Waals surface area contributed by atoms with Crippen LogP contribution < -0.4 is 9.80 Å². The molecule has 6 rings (SSSR count). The zero-order valence-corrected chi connectivity index (χ0v) is 27.4. The minimum atomic E-state index is -2.95. The molecule has 44 heavy (non-hydrogen) atoms.